The summed E-state index contributed by atoms with van der Waals surface area (Å²) < 4.78 is 0. The van der Waals surface area contributed by atoms with Gasteiger partial charge in [0.05, 0.1) is 0 Å². The molecule has 2 aliphatic rings. The Morgan fingerprint density at radius 3 is 2.09 bits per heavy atom. The van der Waals surface area contributed by atoms with Gasteiger partial charge in [-0.15, -0.1) is 0 Å². The van der Waals surface area contributed by atoms with E-state index in [0.717, 1.165) is 0 Å². The minimum atomic E-state index is 0.278. The van der Waals surface area contributed by atoms with Crippen molar-refractivity contribution >= 4 is 5.78 Å². The quantitative estimate of drug-likeness (QED) is 0.483. The van der Waals surface area contributed by atoms with Crippen LogP contribution in [-0.4, -0.2) is 5.78 Å². The minimum Gasteiger partial charge on any atom is -0.299 e. The largest absolute Gasteiger partial charge is 0.299 e. The first-order chi connectivity index (χ1) is 5.20. The molecule has 0 radical (unpaired) electrons. The molecule has 1 saturated carbocycles. The van der Waals surface area contributed by atoms with Gasteiger partial charge in [0.1, 0.15) is 5.78 Å². The van der Waals surface area contributed by atoms with Gasteiger partial charge < -0.3 is 0 Å². The van der Waals surface area contributed by atoms with Crippen molar-refractivity contribution < 1.29 is 4.79 Å². The maximum Gasteiger partial charge on any atom is 0.139 e. The number of ketones is 1. The van der Waals surface area contributed by atoms with Gasteiger partial charge in [0.25, 0.3) is 0 Å². The Balaban J connectivity index is 2.29. The Morgan fingerprint density at radius 1 is 1.18 bits per heavy atom. The van der Waals surface area contributed by atoms with E-state index in [2.05, 4.69) is 26.0 Å². The van der Waals surface area contributed by atoms with E-state index in [1.807, 2.05) is 0 Å². The molecular formula is C10H14O. The second-order valence-corrected chi connectivity index (χ2v) is 3.93. The molecule has 2 aliphatic carbocycles. The van der Waals surface area contributed by atoms with E-state index in [1.54, 1.807) is 0 Å². The standard InChI is InChI=1S/C10H14O/c1-6-8-3-4-9(5-8)7(2)10(6)11/h3-4,6-9H,5H2,1-2H3/t6-,7-,8-,9+/m0/s1. The number of fused-ring (bicyclic) bond motifs is 2. The fraction of sp³-hybridized carbons (Fsp3) is 0.700. The monoisotopic (exact) mass is 150 g/mol. The molecule has 0 aliphatic heterocycles. The molecule has 0 aromatic heterocycles. The summed E-state index contributed by atoms with van der Waals surface area (Å²) in [4.78, 5) is 11.5. The molecule has 1 fully saturated rings. The Bertz CT molecular complexity index is 197. The molecule has 2 bridgehead atoms. The molecule has 0 aromatic rings. The molecule has 0 heterocycles. The molecule has 0 amide bonds. The van der Waals surface area contributed by atoms with E-state index in [4.69, 9.17) is 0 Å². The molecule has 11 heavy (non-hydrogen) atoms. The first-order valence-electron chi connectivity index (χ1n) is 4.42. The molecule has 0 unspecified atom stereocenters. The third-order valence-corrected chi connectivity index (χ3v) is 3.33. The number of allylic oxidation sites excluding steroid dienone is 2. The van der Waals surface area contributed by atoms with Crippen molar-refractivity contribution in [2.75, 3.05) is 0 Å². The maximum atomic E-state index is 11.5. The van der Waals surface area contributed by atoms with Crippen LogP contribution in [0.1, 0.15) is 20.3 Å². The van der Waals surface area contributed by atoms with Crippen LogP contribution in [0, 0.1) is 23.7 Å². The van der Waals surface area contributed by atoms with E-state index >= 15 is 0 Å². The number of carbonyl (C=O) groups excluding carboxylic acids is 1. The highest BCUT2D eigenvalue weighted by Crippen LogP contribution is 2.41. The van der Waals surface area contributed by atoms with E-state index in [9.17, 15) is 4.79 Å². The van der Waals surface area contributed by atoms with Crippen LogP contribution in [0.15, 0.2) is 12.2 Å². The molecule has 0 N–H and O–H groups in total. The van der Waals surface area contributed by atoms with Gasteiger partial charge in [-0.2, -0.15) is 0 Å². The summed E-state index contributed by atoms with van der Waals surface area (Å²) >= 11 is 0. The zero-order valence-electron chi connectivity index (χ0n) is 7.08. The number of rotatable bonds is 0. The van der Waals surface area contributed by atoms with Crippen molar-refractivity contribution in [2.45, 2.75) is 20.3 Å². The van der Waals surface area contributed by atoms with Gasteiger partial charge in [0.2, 0.25) is 0 Å². The lowest BCUT2D eigenvalue weighted by Crippen LogP contribution is -2.33. The van der Waals surface area contributed by atoms with E-state index < -0.39 is 0 Å². The van der Waals surface area contributed by atoms with Crippen LogP contribution in [0.5, 0.6) is 0 Å². The molecule has 0 saturated heterocycles. The van der Waals surface area contributed by atoms with Crippen LogP contribution in [-0.2, 0) is 4.79 Å². The molecular weight excluding hydrogens is 136 g/mol. The molecule has 4 atom stereocenters. The normalized spacial score (nSPS) is 48.4. The molecule has 0 spiro atoms. The lowest BCUT2D eigenvalue weighted by molar-refractivity contribution is -0.130. The van der Waals surface area contributed by atoms with Crippen LogP contribution in [0.4, 0.5) is 0 Å². The zero-order valence-corrected chi connectivity index (χ0v) is 7.08. The van der Waals surface area contributed by atoms with Crippen LogP contribution in [0.2, 0.25) is 0 Å². The molecule has 1 nitrogen and oxygen atoms in total. The van der Waals surface area contributed by atoms with Gasteiger partial charge in [-0.25, -0.2) is 0 Å². The van der Waals surface area contributed by atoms with E-state index in [0.29, 0.717) is 17.6 Å². The van der Waals surface area contributed by atoms with E-state index in [-0.39, 0.29) is 11.8 Å². The average molecular weight is 150 g/mol. The van der Waals surface area contributed by atoms with Gasteiger partial charge in [-0.05, 0) is 18.3 Å². The van der Waals surface area contributed by atoms with Gasteiger partial charge in [-0.3, -0.25) is 4.79 Å². The number of hydrogen-bond donors (Lipinski definition) is 0. The fourth-order valence-corrected chi connectivity index (χ4v) is 2.34. The third kappa shape index (κ3) is 0.867. The summed E-state index contributed by atoms with van der Waals surface area (Å²) in [6.07, 6.45) is 5.68. The predicted octanol–water partition coefficient (Wildman–Crippen LogP) is 2.03. The van der Waals surface area contributed by atoms with Gasteiger partial charge in [-0.1, -0.05) is 26.0 Å². The summed E-state index contributed by atoms with van der Waals surface area (Å²) in [6.45, 7) is 4.13. The average Bonchev–Trinajstić information content (AvgIpc) is 2.44. The molecule has 0 aromatic carbocycles. The highest BCUT2D eigenvalue weighted by atomic mass is 16.1. The fourth-order valence-electron chi connectivity index (χ4n) is 2.34. The number of Topliss-reactive ketones (excluding diaryl/α,β-unsaturated/α-hetero) is 1. The number of hydrogen-bond acceptors (Lipinski definition) is 1. The number of carbonyl (C=O) groups is 1. The van der Waals surface area contributed by atoms with Crippen molar-refractivity contribution in [1.82, 2.24) is 0 Å². The molecule has 1 heteroatoms. The summed E-state index contributed by atoms with van der Waals surface area (Å²) in [5.41, 5.74) is 0. The SMILES string of the molecule is C[C@@H]1C(=O)[C@@H](C)[C@H]2C=C[C@@H]1C2. The summed E-state index contributed by atoms with van der Waals surface area (Å²) in [5, 5.41) is 0. The van der Waals surface area contributed by atoms with Crippen molar-refractivity contribution in [3.8, 4) is 0 Å². The van der Waals surface area contributed by atoms with Crippen LogP contribution in [0.25, 0.3) is 0 Å². The lowest BCUT2D eigenvalue weighted by Gasteiger charge is -2.29. The summed E-state index contributed by atoms with van der Waals surface area (Å²) in [6, 6.07) is 0. The summed E-state index contributed by atoms with van der Waals surface area (Å²) in [7, 11) is 0. The molecule has 60 valence electrons. The smallest absolute Gasteiger partial charge is 0.139 e. The Morgan fingerprint density at radius 2 is 1.64 bits per heavy atom. The van der Waals surface area contributed by atoms with Crippen molar-refractivity contribution in [2.24, 2.45) is 23.7 Å². The molecule has 2 rings (SSSR count). The van der Waals surface area contributed by atoms with E-state index in [1.165, 1.54) is 6.42 Å². The van der Waals surface area contributed by atoms with Crippen LogP contribution >= 0.6 is 0 Å². The second kappa shape index (κ2) is 2.20. The maximum absolute atomic E-state index is 11.5. The lowest BCUT2D eigenvalue weighted by atomic mass is 9.73. The zero-order chi connectivity index (χ0) is 8.01. The van der Waals surface area contributed by atoms with Crippen molar-refractivity contribution in [1.29, 1.82) is 0 Å². The van der Waals surface area contributed by atoms with Gasteiger partial charge in [0.15, 0.2) is 0 Å². The predicted molar refractivity (Wildman–Crippen MR) is 44.1 cm³/mol. The topological polar surface area (TPSA) is 17.1 Å². The third-order valence-electron chi connectivity index (χ3n) is 3.33. The highest BCUT2D eigenvalue weighted by Gasteiger charge is 2.39. The second-order valence-electron chi connectivity index (χ2n) is 3.93. The highest BCUT2D eigenvalue weighted by molar-refractivity contribution is 5.85. The van der Waals surface area contributed by atoms with Gasteiger partial charge in [0, 0.05) is 11.8 Å². The Kier molecular flexibility index (Phi) is 1.41. The van der Waals surface area contributed by atoms with Crippen LogP contribution < -0.4 is 0 Å². The van der Waals surface area contributed by atoms with Crippen molar-refractivity contribution in [3.63, 3.8) is 0 Å². The summed E-state index contributed by atoms with van der Waals surface area (Å²) in [5.74, 6) is 2.14. The minimum absolute atomic E-state index is 0.278. The Labute approximate surface area is 67.5 Å². The van der Waals surface area contributed by atoms with Crippen LogP contribution in [0.3, 0.4) is 0 Å². The Hall–Kier alpha value is -0.590. The van der Waals surface area contributed by atoms with Gasteiger partial charge >= 0.3 is 0 Å². The first-order valence-corrected chi connectivity index (χ1v) is 4.42. The first kappa shape index (κ1) is 7.08. The van der Waals surface area contributed by atoms with Crippen molar-refractivity contribution in [3.05, 3.63) is 12.2 Å².